The van der Waals surface area contributed by atoms with Crippen molar-refractivity contribution in [2.24, 2.45) is 0 Å². The highest BCUT2D eigenvalue weighted by molar-refractivity contribution is 4.88. The van der Waals surface area contributed by atoms with Crippen molar-refractivity contribution in [3.05, 3.63) is 0 Å². The number of hydrogen-bond donors (Lipinski definition) is 1. The fourth-order valence-electron chi connectivity index (χ4n) is 3.40. The van der Waals surface area contributed by atoms with Crippen molar-refractivity contribution in [2.75, 3.05) is 26.2 Å². The molecule has 3 unspecified atom stereocenters. The fraction of sp³-hybridized carbons (Fsp3) is 1.00. The average molecular weight is 254 g/mol. The summed E-state index contributed by atoms with van der Waals surface area (Å²) in [5, 5.41) is 3.80. The molecule has 106 valence electrons. The molecule has 0 aromatic heterocycles. The Kier molecular flexibility index (Phi) is 5.05. The van der Waals surface area contributed by atoms with Crippen LogP contribution in [0.4, 0.5) is 0 Å². The van der Waals surface area contributed by atoms with Gasteiger partial charge in [0.25, 0.3) is 0 Å². The van der Waals surface area contributed by atoms with E-state index in [9.17, 15) is 0 Å². The third-order valence-corrected chi connectivity index (χ3v) is 4.89. The normalized spacial score (nSPS) is 38.2. The van der Waals surface area contributed by atoms with Crippen LogP contribution in [0, 0.1) is 0 Å². The van der Waals surface area contributed by atoms with E-state index in [4.69, 9.17) is 4.74 Å². The maximum atomic E-state index is 5.91. The van der Waals surface area contributed by atoms with Crippen molar-refractivity contribution in [1.29, 1.82) is 0 Å². The standard InChI is InChI=1S/C15H30N2O/c1-4-15(3)11-13(8-10-18-15)16-12-14-7-6-9-17(14)5-2/h13-14,16H,4-12H2,1-3H3. The molecular weight excluding hydrogens is 224 g/mol. The summed E-state index contributed by atoms with van der Waals surface area (Å²) < 4.78 is 5.91. The average Bonchev–Trinajstić information content (AvgIpc) is 2.84. The maximum absolute atomic E-state index is 5.91. The number of hydrogen-bond acceptors (Lipinski definition) is 3. The Morgan fingerprint density at radius 1 is 1.33 bits per heavy atom. The van der Waals surface area contributed by atoms with E-state index in [0.29, 0.717) is 6.04 Å². The molecule has 3 atom stereocenters. The van der Waals surface area contributed by atoms with Gasteiger partial charge < -0.3 is 10.1 Å². The van der Waals surface area contributed by atoms with Gasteiger partial charge in [-0.05, 0) is 52.1 Å². The van der Waals surface area contributed by atoms with Crippen molar-refractivity contribution in [2.45, 2.75) is 70.6 Å². The van der Waals surface area contributed by atoms with E-state index in [-0.39, 0.29) is 5.60 Å². The van der Waals surface area contributed by atoms with Crippen LogP contribution < -0.4 is 5.32 Å². The Hall–Kier alpha value is -0.120. The molecule has 2 heterocycles. The Bertz CT molecular complexity index is 259. The first-order valence-corrected chi connectivity index (χ1v) is 7.78. The molecule has 18 heavy (non-hydrogen) atoms. The summed E-state index contributed by atoms with van der Waals surface area (Å²) >= 11 is 0. The van der Waals surface area contributed by atoms with E-state index in [1.807, 2.05) is 0 Å². The number of ether oxygens (including phenoxy) is 1. The van der Waals surface area contributed by atoms with Gasteiger partial charge in [0, 0.05) is 25.2 Å². The monoisotopic (exact) mass is 254 g/mol. The molecule has 2 fully saturated rings. The Labute approximate surface area is 112 Å². The number of likely N-dealkylation sites (N-methyl/N-ethyl adjacent to an activating group) is 1. The Morgan fingerprint density at radius 2 is 2.17 bits per heavy atom. The van der Waals surface area contributed by atoms with Gasteiger partial charge in [-0.2, -0.15) is 0 Å². The third-order valence-electron chi connectivity index (χ3n) is 4.89. The molecule has 2 aliphatic rings. The molecule has 2 rings (SSSR count). The molecule has 3 nitrogen and oxygen atoms in total. The molecule has 2 aliphatic heterocycles. The molecule has 3 heteroatoms. The molecule has 0 aromatic carbocycles. The summed E-state index contributed by atoms with van der Waals surface area (Å²) in [6.45, 7) is 11.4. The number of rotatable bonds is 5. The van der Waals surface area contributed by atoms with Crippen molar-refractivity contribution < 1.29 is 4.74 Å². The van der Waals surface area contributed by atoms with Crippen molar-refractivity contribution in [3.8, 4) is 0 Å². The van der Waals surface area contributed by atoms with Crippen molar-refractivity contribution >= 4 is 0 Å². The van der Waals surface area contributed by atoms with Crippen LogP contribution in [-0.4, -0.2) is 48.8 Å². The maximum Gasteiger partial charge on any atom is 0.0666 e. The summed E-state index contributed by atoms with van der Waals surface area (Å²) in [6.07, 6.45) is 6.21. The molecule has 0 radical (unpaired) electrons. The second-order valence-corrected chi connectivity index (χ2v) is 6.17. The molecule has 0 aliphatic carbocycles. The molecule has 0 amide bonds. The van der Waals surface area contributed by atoms with Gasteiger partial charge >= 0.3 is 0 Å². The zero-order valence-corrected chi connectivity index (χ0v) is 12.4. The number of nitrogens with one attached hydrogen (secondary N) is 1. The summed E-state index contributed by atoms with van der Waals surface area (Å²) in [4.78, 5) is 2.62. The minimum atomic E-state index is 0.107. The lowest BCUT2D eigenvalue weighted by Gasteiger charge is -2.38. The zero-order chi connectivity index (χ0) is 13.0. The second-order valence-electron chi connectivity index (χ2n) is 6.17. The van der Waals surface area contributed by atoms with E-state index >= 15 is 0 Å². The lowest BCUT2D eigenvalue weighted by Crippen LogP contribution is -2.48. The lowest BCUT2D eigenvalue weighted by molar-refractivity contribution is -0.0782. The van der Waals surface area contributed by atoms with Crippen LogP contribution in [0.3, 0.4) is 0 Å². The van der Waals surface area contributed by atoms with E-state index in [1.165, 1.54) is 38.8 Å². The van der Waals surface area contributed by atoms with Gasteiger partial charge in [0.1, 0.15) is 0 Å². The second kappa shape index (κ2) is 6.36. The van der Waals surface area contributed by atoms with Crippen LogP contribution in [0.5, 0.6) is 0 Å². The molecule has 0 spiro atoms. The Morgan fingerprint density at radius 3 is 2.89 bits per heavy atom. The molecule has 0 bridgehead atoms. The summed E-state index contributed by atoms with van der Waals surface area (Å²) in [7, 11) is 0. The molecular formula is C15H30N2O. The first kappa shape index (κ1) is 14.3. The molecule has 1 N–H and O–H groups in total. The van der Waals surface area contributed by atoms with Crippen LogP contribution >= 0.6 is 0 Å². The summed E-state index contributed by atoms with van der Waals surface area (Å²) in [5.74, 6) is 0. The summed E-state index contributed by atoms with van der Waals surface area (Å²) in [6, 6.07) is 1.42. The minimum Gasteiger partial charge on any atom is -0.375 e. The molecule has 0 saturated carbocycles. The van der Waals surface area contributed by atoms with Gasteiger partial charge in [-0.3, -0.25) is 4.90 Å². The van der Waals surface area contributed by atoms with Gasteiger partial charge in [-0.15, -0.1) is 0 Å². The van der Waals surface area contributed by atoms with Gasteiger partial charge in [0.2, 0.25) is 0 Å². The highest BCUT2D eigenvalue weighted by Crippen LogP contribution is 2.28. The quantitative estimate of drug-likeness (QED) is 0.815. The van der Waals surface area contributed by atoms with Crippen molar-refractivity contribution in [1.82, 2.24) is 10.2 Å². The van der Waals surface area contributed by atoms with E-state index < -0.39 is 0 Å². The fourth-order valence-corrected chi connectivity index (χ4v) is 3.40. The van der Waals surface area contributed by atoms with Crippen LogP contribution in [0.25, 0.3) is 0 Å². The van der Waals surface area contributed by atoms with E-state index in [0.717, 1.165) is 25.6 Å². The summed E-state index contributed by atoms with van der Waals surface area (Å²) in [5.41, 5.74) is 0.107. The first-order valence-electron chi connectivity index (χ1n) is 7.78. The molecule has 0 aromatic rings. The largest absolute Gasteiger partial charge is 0.375 e. The minimum absolute atomic E-state index is 0.107. The van der Waals surface area contributed by atoms with Gasteiger partial charge in [-0.25, -0.2) is 0 Å². The first-order chi connectivity index (χ1) is 8.67. The highest BCUT2D eigenvalue weighted by atomic mass is 16.5. The molecule has 2 saturated heterocycles. The van der Waals surface area contributed by atoms with Crippen LogP contribution in [0.15, 0.2) is 0 Å². The number of likely N-dealkylation sites (tertiary alicyclic amines) is 1. The lowest BCUT2D eigenvalue weighted by atomic mass is 9.90. The van der Waals surface area contributed by atoms with Gasteiger partial charge in [0.05, 0.1) is 5.60 Å². The topological polar surface area (TPSA) is 24.5 Å². The zero-order valence-electron chi connectivity index (χ0n) is 12.4. The predicted molar refractivity (Wildman–Crippen MR) is 75.9 cm³/mol. The SMILES string of the molecule is CCN1CCCC1CNC1CCOC(C)(CC)C1. The van der Waals surface area contributed by atoms with Gasteiger partial charge in [0.15, 0.2) is 0 Å². The Balaban J connectivity index is 1.76. The van der Waals surface area contributed by atoms with Crippen molar-refractivity contribution in [3.63, 3.8) is 0 Å². The predicted octanol–water partition coefficient (Wildman–Crippen LogP) is 2.41. The third kappa shape index (κ3) is 3.46. The van der Waals surface area contributed by atoms with E-state index in [1.54, 1.807) is 0 Å². The smallest absolute Gasteiger partial charge is 0.0666 e. The van der Waals surface area contributed by atoms with Gasteiger partial charge in [-0.1, -0.05) is 13.8 Å². The van der Waals surface area contributed by atoms with Crippen LogP contribution in [-0.2, 0) is 4.74 Å². The highest BCUT2D eigenvalue weighted by Gasteiger charge is 2.32. The number of nitrogens with zero attached hydrogens (tertiary/aromatic N) is 1. The van der Waals surface area contributed by atoms with E-state index in [2.05, 4.69) is 31.0 Å². The van der Waals surface area contributed by atoms with Crippen LogP contribution in [0.1, 0.15) is 52.9 Å². The van der Waals surface area contributed by atoms with Crippen LogP contribution in [0.2, 0.25) is 0 Å².